The molecule has 0 atom stereocenters. The van der Waals surface area contributed by atoms with Crippen molar-refractivity contribution < 1.29 is 17.6 Å². The predicted octanol–water partition coefficient (Wildman–Crippen LogP) is 3.96. The lowest BCUT2D eigenvalue weighted by Gasteiger charge is -2.12. The van der Waals surface area contributed by atoms with E-state index in [0.29, 0.717) is 0 Å². The van der Waals surface area contributed by atoms with Crippen LogP contribution in [0.5, 0.6) is 0 Å². The molecular formula is C10H3Cl2F3N4O. The Morgan fingerprint density at radius 1 is 1.25 bits per heavy atom. The van der Waals surface area contributed by atoms with Crippen LogP contribution < -0.4 is 5.32 Å². The first-order valence-electron chi connectivity index (χ1n) is 4.88. The normalized spacial score (nSPS) is 11.2. The molecule has 1 aromatic heterocycles. The molecular weight excluding hydrogens is 320 g/mol. The topological polar surface area (TPSA) is 74.7 Å². The highest BCUT2D eigenvalue weighted by Crippen LogP contribution is 2.43. The minimum Gasteiger partial charge on any atom is -0.403 e. The number of aromatic nitrogens is 2. The molecule has 0 saturated heterocycles. The van der Waals surface area contributed by atoms with E-state index in [-0.39, 0.29) is 17.5 Å². The summed E-state index contributed by atoms with van der Waals surface area (Å²) in [5.74, 6) is -0.269. The molecule has 2 rings (SSSR count). The second-order valence-electron chi connectivity index (χ2n) is 3.43. The van der Waals surface area contributed by atoms with Gasteiger partial charge in [-0.3, -0.25) is 0 Å². The van der Waals surface area contributed by atoms with Crippen molar-refractivity contribution in [2.45, 2.75) is 6.18 Å². The van der Waals surface area contributed by atoms with E-state index in [0.717, 1.165) is 6.07 Å². The Morgan fingerprint density at radius 2 is 1.95 bits per heavy atom. The smallest absolute Gasteiger partial charge is 0.403 e. The van der Waals surface area contributed by atoms with Gasteiger partial charge in [0, 0.05) is 0 Å². The van der Waals surface area contributed by atoms with Gasteiger partial charge >= 0.3 is 12.2 Å². The number of nitriles is 1. The van der Waals surface area contributed by atoms with Crippen LogP contribution in [0.3, 0.4) is 0 Å². The maximum Gasteiger partial charge on any atom is 0.419 e. The second-order valence-corrected chi connectivity index (χ2v) is 4.22. The monoisotopic (exact) mass is 322 g/mol. The fourth-order valence-corrected chi connectivity index (χ4v) is 2.07. The maximum absolute atomic E-state index is 12.8. The van der Waals surface area contributed by atoms with Gasteiger partial charge in [-0.25, -0.2) is 5.32 Å². The van der Waals surface area contributed by atoms with E-state index in [1.807, 2.05) is 5.32 Å². The van der Waals surface area contributed by atoms with Gasteiger partial charge in [0.05, 0.1) is 21.2 Å². The van der Waals surface area contributed by atoms with Crippen molar-refractivity contribution in [3.8, 4) is 17.6 Å². The van der Waals surface area contributed by atoms with Gasteiger partial charge < -0.3 is 4.42 Å². The molecule has 1 aromatic carbocycles. The maximum atomic E-state index is 12.8. The summed E-state index contributed by atoms with van der Waals surface area (Å²) < 4.78 is 43.5. The highest BCUT2D eigenvalue weighted by atomic mass is 35.5. The Labute approximate surface area is 119 Å². The van der Waals surface area contributed by atoms with E-state index in [1.165, 1.54) is 12.3 Å². The average molecular weight is 323 g/mol. The molecule has 0 spiro atoms. The van der Waals surface area contributed by atoms with Crippen LogP contribution in [0.1, 0.15) is 5.56 Å². The SMILES string of the molecule is N#CNc1nnc(-c2ccc(Cl)c(C(F)(F)F)c2Cl)o1. The molecule has 0 aliphatic rings. The van der Waals surface area contributed by atoms with Crippen molar-refractivity contribution >= 4 is 29.2 Å². The van der Waals surface area contributed by atoms with Gasteiger partial charge in [0.2, 0.25) is 0 Å². The van der Waals surface area contributed by atoms with Gasteiger partial charge in [0.15, 0.2) is 6.19 Å². The molecule has 20 heavy (non-hydrogen) atoms. The zero-order valence-electron chi connectivity index (χ0n) is 9.29. The Hall–Kier alpha value is -1.98. The van der Waals surface area contributed by atoms with E-state index < -0.39 is 21.8 Å². The molecule has 5 nitrogen and oxygen atoms in total. The molecule has 0 saturated carbocycles. The third-order valence-corrected chi connectivity index (χ3v) is 2.90. The molecule has 2 aromatic rings. The summed E-state index contributed by atoms with van der Waals surface area (Å²) in [4.78, 5) is 0. The van der Waals surface area contributed by atoms with E-state index in [9.17, 15) is 13.2 Å². The van der Waals surface area contributed by atoms with E-state index in [1.54, 1.807) is 0 Å². The number of alkyl halides is 3. The van der Waals surface area contributed by atoms with Crippen LogP contribution >= 0.6 is 23.2 Å². The van der Waals surface area contributed by atoms with E-state index >= 15 is 0 Å². The Bertz CT molecular complexity index is 693. The van der Waals surface area contributed by atoms with Gasteiger partial charge in [-0.05, 0) is 12.1 Å². The Kier molecular flexibility index (Phi) is 3.74. The number of rotatable bonds is 2. The zero-order chi connectivity index (χ0) is 14.9. The molecule has 0 unspecified atom stereocenters. The molecule has 0 fully saturated rings. The van der Waals surface area contributed by atoms with Crippen molar-refractivity contribution in [1.29, 1.82) is 5.26 Å². The first kappa shape index (κ1) is 14.4. The molecule has 0 bridgehead atoms. The highest BCUT2D eigenvalue weighted by Gasteiger charge is 2.37. The number of nitrogens with one attached hydrogen (secondary N) is 1. The molecule has 1 heterocycles. The van der Waals surface area contributed by atoms with Gasteiger partial charge in [-0.15, -0.1) is 5.10 Å². The van der Waals surface area contributed by atoms with Crippen LogP contribution in [-0.4, -0.2) is 10.2 Å². The number of nitrogens with zero attached hydrogens (tertiary/aromatic N) is 3. The highest BCUT2D eigenvalue weighted by molar-refractivity contribution is 6.37. The number of hydrogen-bond acceptors (Lipinski definition) is 5. The summed E-state index contributed by atoms with van der Waals surface area (Å²) in [6.07, 6.45) is -3.20. The van der Waals surface area contributed by atoms with E-state index in [2.05, 4.69) is 10.2 Å². The third kappa shape index (κ3) is 2.64. The average Bonchev–Trinajstić information content (AvgIpc) is 2.76. The standard InChI is InChI=1S/C10H3Cl2F3N4O/c11-5-2-1-4(7(12)6(5)10(13,14)15)8-18-19-9(20-8)17-3-16/h1-2H,(H,17,19). The van der Waals surface area contributed by atoms with Crippen molar-refractivity contribution in [3.63, 3.8) is 0 Å². The van der Waals surface area contributed by atoms with Crippen LogP contribution in [0.25, 0.3) is 11.5 Å². The molecule has 10 heteroatoms. The van der Waals surface area contributed by atoms with Gasteiger partial charge in [0.1, 0.15) is 0 Å². The minimum absolute atomic E-state index is 0.137. The minimum atomic E-state index is -4.72. The van der Waals surface area contributed by atoms with Crippen LogP contribution in [0, 0.1) is 11.5 Å². The number of benzene rings is 1. The molecule has 0 amide bonds. The first-order valence-corrected chi connectivity index (χ1v) is 5.64. The van der Waals surface area contributed by atoms with Crippen LogP contribution in [-0.2, 0) is 6.18 Å². The number of hydrogen-bond donors (Lipinski definition) is 1. The molecule has 1 N–H and O–H groups in total. The third-order valence-electron chi connectivity index (χ3n) is 2.19. The Morgan fingerprint density at radius 3 is 2.55 bits per heavy atom. The van der Waals surface area contributed by atoms with Crippen molar-refractivity contribution in [3.05, 3.63) is 27.7 Å². The van der Waals surface area contributed by atoms with Crippen LogP contribution in [0.15, 0.2) is 16.5 Å². The lowest BCUT2D eigenvalue weighted by Crippen LogP contribution is -2.07. The number of anilines is 1. The summed E-state index contributed by atoms with van der Waals surface area (Å²) in [7, 11) is 0. The van der Waals surface area contributed by atoms with Gasteiger partial charge in [-0.2, -0.15) is 18.4 Å². The summed E-state index contributed by atoms with van der Waals surface area (Å²) in [5, 5.41) is 16.1. The second kappa shape index (κ2) is 5.19. The number of halogens is 5. The fraction of sp³-hybridized carbons (Fsp3) is 0.100. The van der Waals surface area contributed by atoms with Crippen LogP contribution in [0.4, 0.5) is 19.2 Å². The van der Waals surface area contributed by atoms with Crippen molar-refractivity contribution in [2.24, 2.45) is 0 Å². The lowest BCUT2D eigenvalue weighted by atomic mass is 10.1. The summed E-state index contributed by atoms with van der Waals surface area (Å²) >= 11 is 11.2. The summed E-state index contributed by atoms with van der Waals surface area (Å²) in [6.45, 7) is 0. The van der Waals surface area contributed by atoms with Crippen molar-refractivity contribution in [1.82, 2.24) is 10.2 Å². The molecule has 0 radical (unpaired) electrons. The first-order chi connectivity index (χ1) is 9.34. The lowest BCUT2D eigenvalue weighted by molar-refractivity contribution is -0.137. The predicted molar refractivity (Wildman–Crippen MR) is 64.0 cm³/mol. The quantitative estimate of drug-likeness (QED) is 0.669. The van der Waals surface area contributed by atoms with Gasteiger partial charge in [-0.1, -0.05) is 28.3 Å². The summed E-state index contributed by atoms with van der Waals surface area (Å²) in [5.41, 5.74) is -1.33. The Balaban J connectivity index is 2.55. The van der Waals surface area contributed by atoms with Crippen LogP contribution in [0.2, 0.25) is 10.0 Å². The summed E-state index contributed by atoms with van der Waals surface area (Å²) in [6, 6.07) is 1.97. The van der Waals surface area contributed by atoms with Gasteiger partial charge in [0.25, 0.3) is 5.89 Å². The zero-order valence-corrected chi connectivity index (χ0v) is 10.8. The molecule has 104 valence electrons. The van der Waals surface area contributed by atoms with E-state index in [4.69, 9.17) is 32.9 Å². The largest absolute Gasteiger partial charge is 0.419 e. The fourth-order valence-electron chi connectivity index (χ4n) is 1.41. The molecule has 0 aliphatic heterocycles. The molecule has 0 aliphatic carbocycles. The van der Waals surface area contributed by atoms with Crippen molar-refractivity contribution in [2.75, 3.05) is 5.32 Å².